The Bertz CT molecular complexity index is 1310. The Morgan fingerprint density at radius 3 is 1.86 bits per heavy atom. The molecule has 4 unspecified atom stereocenters. The number of carbonyl (C=O) groups excluding carboxylic acids is 2. The fourth-order valence-corrected chi connectivity index (χ4v) is 4.65. The molecule has 0 aliphatic rings. The van der Waals surface area contributed by atoms with Crippen LogP contribution in [0.4, 0.5) is 0 Å². The first-order chi connectivity index (χ1) is 20.5. The van der Waals surface area contributed by atoms with Crippen molar-refractivity contribution in [2.45, 2.75) is 104 Å². The largest absolute Gasteiger partial charge is 0.491 e. The molecule has 0 saturated carbocycles. The van der Waals surface area contributed by atoms with Crippen molar-refractivity contribution in [3.05, 3.63) is 83.0 Å². The number of aliphatic hydroxyl groups is 2. The maximum Gasteiger partial charge on any atom is 0.333 e. The minimum Gasteiger partial charge on any atom is -0.491 e. The summed E-state index contributed by atoms with van der Waals surface area (Å²) in [5.74, 6) is 0.424. The predicted octanol–water partition coefficient (Wildman–Crippen LogP) is 6.29. The highest BCUT2D eigenvalue weighted by Gasteiger charge is 2.26. The van der Waals surface area contributed by atoms with Gasteiger partial charge in [0.25, 0.3) is 0 Å². The van der Waals surface area contributed by atoms with Gasteiger partial charge in [-0.3, -0.25) is 0 Å². The highest BCUT2D eigenvalue weighted by Crippen LogP contribution is 2.36. The smallest absolute Gasteiger partial charge is 0.333 e. The van der Waals surface area contributed by atoms with Gasteiger partial charge >= 0.3 is 11.9 Å². The maximum atomic E-state index is 11.7. The summed E-state index contributed by atoms with van der Waals surface area (Å²) in [7, 11) is 0. The van der Waals surface area contributed by atoms with E-state index in [1.165, 1.54) is 0 Å². The van der Waals surface area contributed by atoms with E-state index in [2.05, 4.69) is 45.2 Å². The zero-order chi connectivity index (χ0) is 33.2. The molecule has 0 aromatic heterocycles. The number of carbonyl (C=O) groups is 2. The summed E-state index contributed by atoms with van der Waals surface area (Å²) in [4.78, 5) is 23.3. The lowest BCUT2D eigenvalue weighted by Crippen LogP contribution is -2.27. The van der Waals surface area contributed by atoms with Crippen LogP contribution in [0.25, 0.3) is 0 Å². The Balaban J connectivity index is 2.04. The minimum atomic E-state index is -0.838. The summed E-state index contributed by atoms with van der Waals surface area (Å²) in [5.41, 5.74) is 4.44. The molecular formula is C36H50O8. The van der Waals surface area contributed by atoms with Crippen molar-refractivity contribution in [3.63, 3.8) is 0 Å². The zero-order valence-electron chi connectivity index (χ0n) is 27.6. The molecule has 2 aromatic carbocycles. The Kier molecular flexibility index (Phi) is 13.7. The third-order valence-electron chi connectivity index (χ3n) is 7.52. The number of aliphatic hydroxyl groups excluding tert-OH is 2. The van der Waals surface area contributed by atoms with E-state index in [9.17, 15) is 19.8 Å². The van der Waals surface area contributed by atoms with E-state index in [0.717, 1.165) is 28.0 Å². The molecule has 8 nitrogen and oxygen atoms in total. The van der Waals surface area contributed by atoms with Crippen molar-refractivity contribution in [1.29, 1.82) is 0 Å². The van der Waals surface area contributed by atoms with Crippen LogP contribution in [0.3, 0.4) is 0 Å². The number of benzene rings is 2. The lowest BCUT2D eigenvalue weighted by atomic mass is 9.77. The van der Waals surface area contributed by atoms with E-state index in [1.54, 1.807) is 20.8 Å². The van der Waals surface area contributed by atoms with Gasteiger partial charge in [0.2, 0.25) is 0 Å². The molecule has 2 rings (SSSR count). The van der Waals surface area contributed by atoms with Crippen LogP contribution in [0.1, 0.15) is 83.1 Å². The first-order valence-electron chi connectivity index (χ1n) is 15.1. The second-order valence-corrected chi connectivity index (χ2v) is 12.2. The van der Waals surface area contributed by atoms with Gasteiger partial charge in [-0.2, -0.15) is 0 Å². The summed E-state index contributed by atoms with van der Waals surface area (Å²) < 4.78 is 22.5. The molecule has 242 valence electrons. The van der Waals surface area contributed by atoms with Crippen LogP contribution in [-0.2, 0) is 24.5 Å². The van der Waals surface area contributed by atoms with Gasteiger partial charge in [-0.1, -0.05) is 58.2 Å². The first-order valence-corrected chi connectivity index (χ1v) is 15.1. The van der Waals surface area contributed by atoms with Crippen LogP contribution in [0.5, 0.6) is 11.5 Å². The molecule has 44 heavy (non-hydrogen) atoms. The second-order valence-electron chi connectivity index (χ2n) is 12.2. The lowest BCUT2D eigenvalue weighted by molar-refractivity contribution is -0.145. The van der Waals surface area contributed by atoms with Gasteiger partial charge in [0.1, 0.15) is 36.9 Å². The predicted molar refractivity (Wildman–Crippen MR) is 172 cm³/mol. The molecule has 0 heterocycles. The van der Waals surface area contributed by atoms with Gasteiger partial charge in [-0.25, -0.2) is 9.59 Å². The van der Waals surface area contributed by atoms with E-state index in [4.69, 9.17) is 18.9 Å². The topological polar surface area (TPSA) is 112 Å². The van der Waals surface area contributed by atoms with Gasteiger partial charge in [0.05, 0.1) is 12.2 Å². The molecule has 0 amide bonds. The van der Waals surface area contributed by atoms with E-state index in [0.29, 0.717) is 29.7 Å². The molecule has 2 aromatic rings. The summed E-state index contributed by atoms with van der Waals surface area (Å²) in [6.45, 7) is 22.3. The molecule has 0 saturated heterocycles. The van der Waals surface area contributed by atoms with Crippen molar-refractivity contribution < 1.29 is 38.7 Å². The van der Waals surface area contributed by atoms with Crippen molar-refractivity contribution in [2.75, 3.05) is 13.2 Å². The molecular weight excluding hydrogens is 560 g/mol. The maximum absolute atomic E-state index is 11.7. The van der Waals surface area contributed by atoms with Crippen LogP contribution in [-0.4, -0.2) is 59.8 Å². The highest BCUT2D eigenvalue weighted by atomic mass is 16.5. The zero-order valence-corrected chi connectivity index (χ0v) is 27.6. The molecule has 0 bridgehead atoms. The summed E-state index contributed by atoms with van der Waals surface area (Å²) >= 11 is 0. The lowest BCUT2D eigenvalue weighted by Gasteiger charge is -2.28. The number of esters is 2. The molecule has 0 radical (unpaired) electrons. The van der Waals surface area contributed by atoms with Crippen LogP contribution >= 0.6 is 0 Å². The van der Waals surface area contributed by atoms with Crippen LogP contribution in [0.2, 0.25) is 0 Å². The van der Waals surface area contributed by atoms with Crippen LogP contribution in [0.15, 0.2) is 60.7 Å². The molecule has 8 heteroatoms. The Hall–Kier alpha value is -3.62. The van der Waals surface area contributed by atoms with Crippen molar-refractivity contribution >= 4 is 11.9 Å². The number of rotatable bonds is 17. The van der Waals surface area contributed by atoms with E-state index in [-0.39, 0.29) is 31.2 Å². The first kappa shape index (κ1) is 36.6. The molecule has 2 N–H and O–H groups in total. The average molecular weight is 611 g/mol. The van der Waals surface area contributed by atoms with Crippen LogP contribution in [0, 0.1) is 13.8 Å². The standard InChI is InChI=1S/C36H50O8/c1-11-31(19-30(38)21-42-34(39)22(2)3)44-33-15-13-28(17-25(33)7)36(9,10)27-12-14-32(24(6)16-27)41-20-29(37)18-26(8)43-35(40)23(4)5/h12-17,26,29-31,37-38H,2,4,11,18-21H2,1,3,5-10H3. The number of hydrogen-bond donors (Lipinski definition) is 2. The number of hydrogen-bond acceptors (Lipinski definition) is 8. The Labute approximate surface area is 262 Å². The number of aryl methyl sites for hydroxylation is 2. The summed E-state index contributed by atoms with van der Waals surface area (Å²) in [6, 6.07) is 12.2. The number of ether oxygens (including phenoxy) is 4. The third kappa shape index (κ3) is 10.8. The average Bonchev–Trinajstić information content (AvgIpc) is 2.95. The van der Waals surface area contributed by atoms with Gasteiger partial charge in [-0.15, -0.1) is 0 Å². The Morgan fingerprint density at radius 1 is 0.841 bits per heavy atom. The summed E-state index contributed by atoms with van der Waals surface area (Å²) in [5, 5.41) is 20.8. The molecule has 0 aliphatic heterocycles. The fourth-order valence-electron chi connectivity index (χ4n) is 4.65. The highest BCUT2D eigenvalue weighted by molar-refractivity contribution is 5.87. The Morgan fingerprint density at radius 2 is 1.36 bits per heavy atom. The van der Waals surface area contributed by atoms with E-state index in [1.807, 2.05) is 39.0 Å². The monoisotopic (exact) mass is 610 g/mol. The molecule has 0 spiro atoms. The van der Waals surface area contributed by atoms with Gasteiger partial charge in [-0.05, 0) is 75.4 Å². The third-order valence-corrected chi connectivity index (χ3v) is 7.52. The van der Waals surface area contributed by atoms with E-state index < -0.39 is 30.3 Å². The molecule has 0 aliphatic carbocycles. The molecule has 0 fully saturated rings. The summed E-state index contributed by atoms with van der Waals surface area (Å²) in [6.07, 6.45) is -1.06. The van der Waals surface area contributed by atoms with Gasteiger partial charge < -0.3 is 29.2 Å². The van der Waals surface area contributed by atoms with Gasteiger partial charge in [0, 0.05) is 29.4 Å². The SMILES string of the molecule is C=C(C)C(=O)OCC(O)CC(CC)Oc1ccc(C(C)(C)c2ccc(OCC(O)CC(C)OC(=O)C(=C)C)c(C)c2)cc1C. The van der Waals surface area contributed by atoms with E-state index >= 15 is 0 Å². The van der Waals surface area contributed by atoms with Gasteiger partial charge in [0.15, 0.2) is 0 Å². The normalized spacial score (nSPS) is 14.1. The van der Waals surface area contributed by atoms with Crippen molar-refractivity contribution in [3.8, 4) is 11.5 Å². The molecule has 4 atom stereocenters. The minimum absolute atomic E-state index is 0.0780. The second kappa shape index (κ2) is 16.5. The quantitative estimate of drug-likeness (QED) is 0.159. The van der Waals surface area contributed by atoms with Crippen molar-refractivity contribution in [1.82, 2.24) is 0 Å². The van der Waals surface area contributed by atoms with Crippen molar-refractivity contribution in [2.24, 2.45) is 0 Å². The van der Waals surface area contributed by atoms with Crippen LogP contribution < -0.4 is 9.47 Å². The fraction of sp³-hybridized carbons (Fsp3) is 0.500.